The second kappa shape index (κ2) is 8.23. The van der Waals surface area contributed by atoms with Gasteiger partial charge in [0.1, 0.15) is 0 Å². The largest absolute Gasteiger partial charge is 0.329 e. The van der Waals surface area contributed by atoms with Crippen LogP contribution in [-0.4, -0.2) is 54.1 Å². The summed E-state index contributed by atoms with van der Waals surface area (Å²) in [5, 5.41) is 0. The van der Waals surface area contributed by atoms with Crippen molar-refractivity contribution in [3.63, 3.8) is 0 Å². The maximum absolute atomic E-state index is 6.10. The number of hydrogen-bond donors (Lipinski definition) is 1. The standard InChI is InChI=1S/C16H35N3/c1-5-8-9-11-16(4,14-17)19-12-10-15(13-19)18(6-2)7-3/h15H,5-14,17H2,1-4H3. The highest BCUT2D eigenvalue weighted by atomic mass is 15.3. The molecule has 0 aromatic heterocycles. The lowest BCUT2D eigenvalue weighted by molar-refractivity contribution is 0.113. The molecule has 1 aliphatic rings. The number of likely N-dealkylation sites (tertiary alicyclic amines) is 1. The average Bonchev–Trinajstić information content (AvgIpc) is 2.90. The minimum atomic E-state index is 0.219. The molecule has 0 aliphatic carbocycles. The minimum Gasteiger partial charge on any atom is -0.329 e. The van der Waals surface area contributed by atoms with E-state index in [2.05, 4.69) is 37.5 Å². The van der Waals surface area contributed by atoms with E-state index in [1.807, 2.05) is 0 Å². The van der Waals surface area contributed by atoms with Crippen molar-refractivity contribution in [3.8, 4) is 0 Å². The van der Waals surface area contributed by atoms with E-state index < -0.39 is 0 Å². The van der Waals surface area contributed by atoms with E-state index in [0.717, 1.165) is 12.6 Å². The van der Waals surface area contributed by atoms with E-state index in [1.54, 1.807) is 0 Å². The smallest absolute Gasteiger partial charge is 0.0304 e. The Morgan fingerprint density at radius 1 is 1.21 bits per heavy atom. The van der Waals surface area contributed by atoms with Crippen LogP contribution >= 0.6 is 0 Å². The summed E-state index contributed by atoms with van der Waals surface area (Å²) in [6.45, 7) is 14.8. The first kappa shape index (κ1) is 16.9. The molecule has 0 bridgehead atoms. The van der Waals surface area contributed by atoms with Crippen LogP contribution in [0.4, 0.5) is 0 Å². The van der Waals surface area contributed by atoms with Crippen LogP contribution in [0, 0.1) is 0 Å². The van der Waals surface area contributed by atoms with Crippen molar-refractivity contribution in [1.29, 1.82) is 0 Å². The van der Waals surface area contributed by atoms with Gasteiger partial charge in [-0.15, -0.1) is 0 Å². The van der Waals surface area contributed by atoms with Crippen molar-refractivity contribution in [3.05, 3.63) is 0 Å². The maximum Gasteiger partial charge on any atom is 0.0304 e. The van der Waals surface area contributed by atoms with E-state index in [9.17, 15) is 0 Å². The Balaban J connectivity index is 2.53. The van der Waals surface area contributed by atoms with Crippen LogP contribution in [0.5, 0.6) is 0 Å². The molecule has 2 atom stereocenters. The molecule has 0 spiro atoms. The Kier molecular flexibility index (Phi) is 7.33. The van der Waals surface area contributed by atoms with Gasteiger partial charge in [-0.05, 0) is 32.9 Å². The fraction of sp³-hybridized carbons (Fsp3) is 1.00. The fourth-order valence-corrected chi connectivity index (χ4v) is 3.42. The van der Waals surface area contributed by atoms with Gasteiger partial charge in [0.15, 0.2) is 0 Å². The molecule has 0 aromatic rings. The normalized spacial score (nSPS) is 24.0. The topological polar surface area (TPSA) is 32.5 Å². The highest BCUT2D eigenvalue weighted by molar-refractivity contribution is 4.94. The summed E-state index contributed by atoms with van der Waals surface area (Å²) < 4.78 is 0. The number of unbranched alkanes of at least 4 members (excludes halogenated alkanes) is 2. The highest BCUT2D eigenvalue weighted by Crippen LogP contribution is 2.27. The van der Waals surface area contributed by atoms with Crippen molar-refractivity contribution >= 4 is 0 Å². The lowest BCUT2D eigenvalue weighted by Crippen LogP contribution is -2.51. The predicted molar refractivity (Wildman–Crippen MR) is 84.5 cm³/mol. The Labute approximate surface area is 120 Å². The predicted octanol–water partition coefficient (Wildman–Crippen LogP) is 2.70. The Morgan fingerprint density at radius 2 is 1.89 bits per heavy atom. The van der Waals surface area contributed by atoms with Crippen LogP contribution < -0.4 is 5.73 Å². The molecule has 2 N–H and O–H groups in total. The molecule has 0 aromatic carbocycles. The maximum atomic E-state index is 6.10. The monoisotopic (exact) mass is 269 g/mol. The van der Waals surface area contributed by atoms with Gasteiger partial charge in [-0.25, -0.2) is 0 Å². The number of likely N-dealkylation sites (N-methyl/N-ethyl adjacent to an activating group) is 1. The van der Waals surface area contributed by atoms with Crippen LogP contribution in [0.15, 0.2) is 0 Å². The van der Waals surface area contributed by atoms with Gasteiger partial charge in [0.25, 0.3) is 0 Å². The van der Waals surface area contributed by atoms with E-state index in [4.69, 9.17) is 5.73 Å². The third-order valence-electron chi connectivity index (χ3n) is 5.01. The fourth-order valence-electron chi connectivity index (χ4n) is 3.42. The van der Waals surface area contributed by atoms with Gasteiger partial charge in [-0.1, -0.05) is 40.0 Å². The molecule has 114 valence electrons. The van der Waals surface area contributed by atoms with E-state index in [0.29, 0.717) is 0 Å². The summed E-state index contributed by atoms with van der Waals surface area (Å²) in [6, 6.07) is 0.743. The van der Waals surface area contributed by atoms with Crippen LogP contribution in [0.1, 0.15) is 59.8 Å². The Hall–Kier alpha value is -0.120. The van der Waals surface area contributed by atoms with Crippen molar-refractivity contribution < 1.29 is 0 Å². The van der Waals surface area contributed by atoms with E-state index in [-0.39, 0.29) is 5.54 Å². The molecule has 3 heteroatoms. The Bertz CT molecular complexity index is 240. The van der Waals surface area contributed by atoms with Crippen LogP contribution in [0.2, 0.25) is 0 Å². The van der Waals surface area contributed by atoms with Gasteiger partial charge < -0.3 is 5.73 Å². The third kappa shape index (κ3) is 4.44. The highest BCUT2D eigenvalue weighted by Gasteiger charge is 2.36. The summed E-state index contributed by atoms with van der Waals surface area (Å²) in [4.78, 5) is 5.26. The number of rotatable bonds is 9. The summed E-state index contributed by atoms with van der Waals surface area (Å²) in [6.07, 6.45) is 6.51. The van der Waals surface area contributed by atoms with Crippen LogP contribution in [0.3, 0.4) is 0 Å². The van der Waals surface area contributed by atoms with Crippen molar-refractivity contribution in [2.75, 3.05) is 32.7 Å². The van der Waals surface area contributed by atoms with Gasteiger partial charge in [0.2, 0.25) is 0 Å². The van der Waals surface area contributed by atoms with Crippen molar-refractivity contribution in [2.45, 2.75) is 71.4 Å². The number of nitrogens with zero attached hydrogens (tertiary/aromatic N) is 2. The number of nitrogens with two attached hydrogens (primary N) is 1. The summed E-state index contributed by atoms with van der Waals surface area (Å²) in [5.41, 5.74) is 6.32. The van der Waals surface area contributed by atoms with Gasteiger partial charge >= 0.3 is 0 Å². The number of hydrogen-bond acceptors (Lipinski definition) is 3. The van der Waals surface area contributed by atoms with Crippen LogP contribution in [0.25, 0.3) is 0 Å². The first-order valence-corrected chi connectivity index (χ1v) is 8.30. The Morgan fingerprint density at radius 3 is 2.42 bits per heavy atom. The summed E-state index contributed by atoms with van der Waals surface area (Å²) in [5.74, 6) is 0. The molecule has 19 heavy (non-hydrogen) atoms. The first-order valence-electron chi connectivity index (χ1n) is 8.30. The zero-order valence-electron chi connectivity index (χ0n) is 13.6. The summed E-state index contributed by atoms with van der Waals surface area (Å²) in [7, 11) is 0. The second-order valence-corrected chi connectivity index (χ2v) is 6.27. The first-order chi connectivity index (χ1) is 9.11. The molecular weight excluding hydrogens is 234 g/mol. The zero-order valence-corrected chi connectivity index (χ0v) is 13.6. The molecule has 1 rings (SSSR count). The molecule has 0 amide bonds. The molecule has 1 fully saturated rings. The summed E-state index contributed by atoms with van der Waals surface area (Å²) >= 11 is 0. The van der Waals surface area contributed by atoms with E-state index in [1.165, 1.54) is 58.3 Å². The second-order valence-electron chi connectivity index (χ2n) is 6.27. The molecular formula is C16H35N3. The van der Waals surface area contributed by atoms with Gasteiger partial charge in [0, 0.05) is 31.2 Å². The molecule has 0 saturated carbocycles. The lowest BCUT2D eigenvalue weighted by Gasteiger charge is -2.39. The molecule has 0 radical (unpaired) electrons. The minimum absolute atomic E-state index is 0.219. The molecule has 2 unspecified atom stereocenters. The molecule has 1 aliphatic heterocycles. The molecule has 1 heterocycles. The molecule has 1 saturated heterocycles. The van der Waals surface area contributed by atoms with Gasteiger partial charge in [-0.3, -0.25) is 9.80 Å². The SMILES string of the molecule is CCCCCC(C)(CN)N1CCC(N(CC)CC)C1. The van der Waals surface area contributed by atoms with Gasteiger partial charge in [0.05, 0.1) is 0 Å². The quantitative estimate of drug-likeness (QED) is 0.653. The lowest BCUT2D eigenvalue weighted by atomic mass is 9.92. The van der Waals surface area contributed by atoms with E-state index >= 15 is 0 Å². The van der Waals surface area contributed by atoms with Crippen molar-refractivity contribution in [2.24, 2.45) is 5.73 Å². The zero-order chi connectivity index (χ0) is 14.3. The third-order valence-corrected chi connectivity index (χ3v) is 5.01. The van der Waals surface area contributed by atoms with Crippen LogP contribution in [-0.2, 0) is 0 Å². The van der Waals surface area contributed by atoms with Crippen molar-refractivity contribution in [1.82, 2.24) is 9.80 Å². The average molecular weight is 269 g/mol. The van der Waals surface area contributed by atoms with Gasteiger partial charge in [-0.2, -0.15) is 0 Å². The molecule has 3 nitrogen and oxygen atoms in total.